The van der Waals surface area contributed by atoms with Gasteiger partial charge in [-0.3, -0.25) is 14.5 Å². The fourth-order valence-corrected chi connectivity index (χ4v) is 5.06. The molecule has 1 aromatic heterocycles. The predicted molar refractivity (Wildman–Crippen MR) is 119 cm³/mol. The van der Waals surface area contributed by atoms with Gasteiger partial charge < -0.3 is 9.88 Å². The van der Waals surface area contributed by atoms with Crippen LogP contribution in [0.1, 0.15) is 43.1 Å². The molecule has 0 saturated heterocycles. The van der Waals surface area contributed by atoms with Gasteiger partial charge in [0.1, 0.15) is 11.2 Å². The lowest BCUT2D eigenvalue weighted by atomic mass is 9.93. The molecule has 1 aliphatic heterocycles. The van der Waals surface area contributed by atoms with E-state index in [4.69, 9.17) is 11.6 Å². The third kappa shape index (κ3) is 3.00. The molecule has 3 aromatic rings. The Morgan fingerprint density at radius 3 is 2.63 bits per heavy atom. The Labute approximate surface area is 180 Å². The van der Waals surface area contributed by atoms with Gasteiger partial charge in [0.25, 0.3) is 5.91 Å². The zero-order chi connectivity index (χ0) is 20.9. The summed E-state index contributed by atoms with van der Waals surface area (Å²) in [6.45, 7) is 2.24. The van der Waals surface area contributed by atoms with Gasteiger partial charge in [-0.15, -0.1) is 0 Å². The van der Waals surface area contributed by atoms with E-state index in [9.17, 15) is 9.59 Å². The number of amides is 2. The van der Waals surface area contributed by atoms with Crippen molar-refractivity contribution in [1.29, 1.82) is 0 Å². The third-order valence-electron chi connectivity index (χ3n) is 6.44. The summed E-state index contributed by atoms with van der Waals surface area (Å²) in [5.41, 5.74) is 1.11. The first-order valence-corrected chi connectivity index (χ1v) is 10.8. The molecule has 1 fully saturated rings. The van der Waals surface area contributed by atoms with Gasteiger partial charge in [0.05, 0.1) is 6.54 Å². The smallest absolute Gasteiger partial charge is 0.275 e. The number of benzene rings is 2. The molecular weight excluding hydrogens is 398 g/mol. The molecule has 0 bridgehead atoms. The quantitative estimate of drug-likeness (QED) is 0.662. The van der Waals surface area contributed by atoms with Gasteiger partial charge in [0.15, 0.2) is 0 Å². The minimum Gasteiger partial charge on any atom is -0.351 e. The number of anilines is 1. The summed E-state index contributed by atoms with van der Waals surface area (Å²) in [7, 11) is 0. The molecule has 0 spiro atoms. The molecule has 1 N–H and O–H groups in total. The first-order chi connectivity index (χ1) is 14.5. The number of rotatable bonds is 3. The second-order valence-corrected chi connectivity index (χ2v) is 8.96. The van der Waals surface area contributed by atoms with Gasteiger partial charge in [0.2, 0.25) is 5.91 Å². The lowest BCUT2D eigenvalue weighted by Crippen LogP contribution is -2.65. The molecule has 154 valence electrons. The van der Waals surface area contributed by atoms with Crippen molar-refractivity contribution in [2.75, 3.05) is 4.90 Å². The Hall–Kier alpha value is -2.79. The van der Waals surface area contributed by atoms with Crippen molar-refractivity contribution < 1.29 is 9.59 Å². The molecule has 1 aliphatic carbocycles. The number of halogens is 1. The Morgan fingerprint density at radius 1 is 1.10 bits per heavy atom. The van der Waals surface area contributed by atoms with Crippen LogP contribution in [0.3, 0.4) is 0 Å². The zero-order valence-electron chi connectivity index (χ0n) is 16.9. The Kier molecular flexibility index (Phi) is 4.58. The van der Waals surface area contributed by atoms with Gasteiger partial charge in [-0.05, 0) is 50.1 Å². The first-order valence-electron chi connectivity index (χ1n) is 10.5. The van der Waals surface area contributed by atoms with E-state index in [1.54, 1.807) is 17.0 Å². The van der Waals surface area contributed by atoms with E-state index in [1.807, 2.05) is 54.0 Å². The second kappa shape index (κ2) is 7.17. The van der Waals surface area contributed by atoms with Gasteiger partial charge in [0, 0.05) is 27.7 Å². The van der Waals surface area contributed by atoms with Crippen molar-refractivity contribution in [3.63, 3.8) is 0 Å². The van der Waals surface area contributed by atoms with Crippen molar-refractivity contribution >= 4 is 40.0 Å². The van der Waals surface area contributed by atoms with E-state index in [2.05, 4.69) is 5.32 Å². The standard InChI is InChI=1S/C24H24ClN3O2/c1-24(23(30)26-18-9-3-4-10-18)15-27-20-12-5-2-7-16(20)13-21(27)22(29)28(24)19-11-6-8-17(25)14-19/h2,5-8,11-14,18H,3-4,9-10,15H2,1H3,(H,26,30)/t24-/m1/s1. The highest BCUT2D eigenvalue weighted by molar-refractivity contribution is 6.31. The molecule has 2 heterocycles. The van der Waals surface area contributed by atoms with E-state index in [-0.39, 0.29) is 17.9 Å². The van der Waals surface area contributed by atoms with Crippen LogP contribution in [0.25, 0.3) is 10.9 Å². The molecule has 30 heavy (non-hydrogen) atoms. The Balaban J connectivity index is 1.65. The Bertz CT molecular complexity index is 1150. The molecule has 1 atom stereocenters. The monoisotopic (exact) mass is 421 g/mol. The minimum atomic E-state index is -1.07. The summed E-state index contributed by atoms with van der Waals surface area (Å²) in [5.74, 6) is -0.310. The van der Waals surface area contributed by atoms with Crippen LogP contribution < -0.4 is 10.2 Å². The number of aromatic nitrogens is 1. The number of para-hydroxylation sites is 1. The average molecular weight is 422 g/mol. The maximum atomic E-state index is 13.7. The summed E-state index contributed by atoms with van der Waals surface area (Å²) in [5, 5.41) is 4.74. The number of fused-ring (bicyclic) bond motifs is 3. The summed E-state index contributed by atoms with van der Waals surface area (Å²) in [6, 6.07) is 17.2. The number of hydrogen-bond donors (Lipinski definition) is 1. The number of carbonyl (C=O) groups is 2. The summed E-state index contributed by atoms with van der Waals surface area (Å²) < 4.78 is 1.98. The molecular formula is C24H24ClN3O2. The van der Waals surface area contributed by atoms with Crippen LogP contribution >= 0.6 is 11.6 Å². The van der Waals surface area contributed by atoms with Gasteiger partial charge >= 0.3 is 0 Å². The fourth-order valence-electron chi connectivity index (χ4n) is 4.88. The lowest BCUT2D eigenvalue weighted by molar-refractivity contribution is -0.127. The number of nitrogens with zero attached hydrogens (tertiary/aromatic N) is 2. The van der Waals surface area contributed by atoms with Crippen LogP contribution in [-0.2, 0) is 11.3 Å². The third-order valence-corrected chi connectivity index (χ3v) is 6.67. The SMILES string of the molecule is C[C@]1(C(=O)NC2CCCC2)Cn2c(cc3ccccc32)C(=O)N1c1cccc(Cl)c1. The summed E-state index contributed by atoms with van der Waals surface area (Å²) in [6.07, 6.45) is 4.24. The van der Waals surface area contributed by atoms with E-state index in [1.165, 1.54) is 0 Å². The van der Waals surface area contributed by atoms with Crippen LogP contribution in [0, 0.1) is 0 Å². The summed E-state index contributed by atoms with van der Waals surface area (Å²) >= 11 is 6.24. The molecule has 6 heteroatoms. The maximum absolute atomic E-state index is 13.7. The number of carbonyl (C=O) groups excluding carboxylic acids is 2. The zero-order valence-corrected chi connectivity index (χ0v) is 17.7. The molecule has 0 radical (unpaired) electrons. The highest BCUT2D eigenvalue weighted by atomic mass is 35.5. The van der Waals surface area contributed by atoms with Gasteiger partial charge in [-0.25, -0.2) is 0 Å². The maximum Gasteiger partial charge on any atom is 0.275 e. The first kappa shape index (κ1) is 19.2. The highest BCUT2D eigenvalue weighted by Crippen LogP contribution is 2.37. The molecule has 1 saturated carbocycles. The summed E-state index contributed by atoms with van der Waals surface area (Å²) in [4.78, 5) is 29.0. The van der Waals surface area contributed by atoms with Crippen molar-refractivity contribution in [1.82, 2.24) is 9.88 Å². The number of nitrogens with one attached hydrogen (secondary N) is 1. The molecule has 5 nitrogen and oxygen atoms in total. The second-order valence-electron chi connectivity index (χ2n) is 8.52. The lowest BCUT2D eigenvalue weighted by Gasteiger charge is -2.44. The highest BCUT2D eigenvalue weighted by Gasteiger charge is 2.49. The van der Waals surface area contributed by atoms with Crippen LogP contribution in [0.2, 0.25) is 5.02 Å². The van der Waals surface area contributed by atoms with Crippen molar-refractivity contribution in [2.45, 2.75) is 50.7 Å². The fraction of sp³-hybridized carbons (Fsp3) is 0.333. The van der Waals surface area contributed by atoms with E-state index in [0.717, 1.165) is 36.6 Å². The van der Waals surface area contributed by atoms with Crippen LogP contribution in [0.15, 0.2) is 54.6 Å². The van der Waals surface area contributed by atoms with Crippen LogP contribution in [-0.4, -0.2) is 28.0 Å². The van der Waals surface area contributed by atoms with Crippen LogP contribution in [0.4, 0.5) is 5.69 Å². The van der Waals surface area contributed by atoms with Crippen molar-refractivity contribution in [2.24, 2.45) is 0 Å². The Morgan fingerprint density at radius 2 is 1.87 bits per heavy atom. The van der Waals surface area contributed by atoms with E-state index in [0.29, 0.717) is 22.9 Å². The normalized spacial score (nSPS) is 21.8. The van der Waals surface area contributed by atoms with E-state index >= 15 is 0 Å². The van der Waals surface area contributed by atoms with E-state index < -0.39 is 5.54 Å². The van der Waals surface area contributed by atoms with Crippen LogP contribution in [0.5, 0.6) is 0 Å². The van der Waals surface area contributed by atoms with Gasteiger partial charge in [-0.2, -0.15) is 0 Å². The average Bonchev–Trinajstić information content (AvgIpc) is 3.36. The van der Waals surface area contributed by atoms with Crippen molar-refractivity contribution in [3.8, 4) is 0 Å². The number of hydrogen-bond acceptors (Lipinski definition) is 2. The molecule has 2 amide bonds. The predicted octanol–water partition coefficient (Wildman–Crippen LogP) is 4.77. The minimum absolute atomic E-state index is 0.119. The molecule has 5 rings (SSSR count). The van der Waals surface area contributed by atoms with Gasteiger partial charge in [-0.1, -0.05) is 48.7 Å². The van der Waals surface area contributed by atoms with Crippen molar-refractivity contribution in [3.05, 3.63) is 65.3 Å². The molecule has 2 aromatic carbocycles. The topological polar surface area (TPSA) is 54.3 Å². The molecule has 0 unspecified atom stereocenters. The largest absolute Gasteiger partial charge is 0.351 e. The molecule has 2 aliphatic rings.